The third-order valence-corrected chi connectivity index (χ3v) is 4.62. The summed E-state index contributed by atoms with van der Waals surface area (Å²) in [4.78, 5) is 0. The highest BCUT2D eigenvalue weighted by Gasteiger charge is 2.18. The summed E-state index contributed by atoms with van der Waals surface area (Å²) in [5, 5.41) is 13.7. The molecule has 0 spiro atoms. The van der Waals surface area contributed by atoms with Gasteiger partial charge < -0.3 is 10.4 Å². The van der Waals surface area contributed by atoms with Gasteiger partial charge in [0.1, 0.15) is 5.82 Å². The smallest absolute Gasteiger partial charge is 0.123 e. The highest BCUT2D eigenvalue weighted by atomic mass is 32.2. The van der Waals surface area contributed by atoms with Crippen LogP contribution in [-0.4, -0.2) is 28.7 Å². The molecule has 0 aromatic heterocycles. The molecule has 1 aliphatic rings. The number of aliphatic hydroxyl groups is 1. The monoisotopic (exact) mass is 283 g/mol. The van der Waals surface area contributed by atoms with Crippen LogP contribution in [0.5, 0.6) is 0 Å². The molecule has 1 heterocycles. The molecule has 2 nitrogen and oxygen atoms in total. The van der Waals surface area contributed by atoms with Crippen LogP contribution in [0.15, 0.2) is 24.3 Å². The normalized spacial score (nSPS) is 20.2. The minimum atomic E-state index is -0.527. The Morgan fingerprint density at radius 2 is 1.95 bits per heavy atom. The first-order valence-electron chi connectivity index (χ1n) is 6.92. The van der Waals surface area contributed by atoms with Crippen LogP contribution in [0.3, 0.4) is 0 Å². The molecule has 0 saturated carbocycles. The SMILES string of the molecule is C[C@H](C[C@@H](O)c1ccc(F)cc1)NC1CCSCC1. The van der Waals surface area contributed by atoms with Crippen LogP contribution >= 0.6 is 11.8 Å². The van der Waals surface area contributed by atoms with Crippen molar-refractivity contribution in [3.8, 4) is 0 Å². The van der Waals surface area contributed by atoms with Crippen molar-refractivity contribution < 1.29 is 9.50 Å². The van der Waals surface area contributed by atoms with Crippen molar-refractivity contribution >= 4 is 11.8 Å². The Labute approximate surface area is 118 Å². The predicted molar refractivity (Wildman–Crippen MR) is 78.9 cm³/mol. The van der Waals surface area contributed by atoms with Crippen molar-refractivity contribution in [3.63, 3.8) is 0 Å². The average molecular weight is 283 g/mol. The molecule has 2 atom stereocenters. The van der Waals surface area contributed by atoms with Gasteiger partial charge in [0.15, 0.2) is 0 Å². The lowest BCUT2D eigenvalue weighted by Gasteiger charge is -2.27. The molecule has 0 amide bonds. The number of nitrogens with one attached hydrogen (secondary N) is 1. The number of hydrogen-bond acceptors (Lipinski definition) is 3. The summed E-state index contributed by atoms with van der Waals surface area (Å²) in [5.41, 5.74) is 0.786. The summed E-state index contributed by atoms with van der Waals surface area (Å²) in [6.07, 6.45) is 2.56. The van der Waals surface area contributed by atoms with Crippen LogP contribution in [0.25, 0.3) is 0 Å². The summed E-state index contributed by atoms with van der Waals surface area (Å²) < 4.78 is 12.8. The Morgan fingerprint density at radius 3 is 2.58 bits per heavy atom. The lowest BCUT2D eigenvalue weighted by Crippen LogP contribution is -2.39. The fraction of sp³-hybridized carbons (Fsp3) is 0.600. The first-order valence-corrected chi connectivity index (χ1v) is 8.08. The minimum absolute atomic E-state index is 0.262. The Hall–Kier alpha value is -0.580. The number of aliphatic hydroxyl groups excluding tert-OH is 1. The van der Waals surface area contributed by atoms with Crippen molar-refractivity contribution in [1.82, 2.24) is 5.32 Å². The standard InChI is InChI=1S/C15H22FNOS/c1-11(17-14-6-8-19-9-7-14)10-15(18)12-2-4-13(16)5-3-12/h2-5,11,14-15,17-18H,6-10H2,1H3/t11-,15-/m1/s1. The van der Waals surface area contributed by atoms with Crippen LogP contribution in [0.1, 0.15) is 37.9 Å². The number of halogens is 1. The molecular formula is C15H22FNOS. The van der Waals surface area contributed by atoms with Crippen molar-refractivity contribution in [3.05, 3.63) is 35.6 Å². The highest BCUT2D eigenvalue weighted by molar-refractivity contribution is 7.99. The van der Waals surface area contributed by atoms with E-state index >= 15 is 0 Å². The maximum atomic E-state index is 12.8. The van der Waals surface area contributed by atoms with Crippen molar-refractivity contribution in [2.75, 3.05) is 11.5 Å². The zero-order valence-corrected chi connectivity index (χ0v) is 12.1. The molecule has 1 aliphatic heterocycles. The van der Waals surface area contributed by atoms with Gasteiger partial charge in [0.2, 0.25) is 0 Å². The largest absolute Gasteiger partial charge is 0.388 e. The number of thioether (sulfide) groups is 1. The number of rotatable bonds is 5. The molecule has 1 aromatic rings. The van der Waals surface area contributed by atoms with E-state index in [4.69, 9.17) is 0 Å². The van der Waals surface area contributed by atoms with E-state index in [9.17, 15) is 9.50 Å². The van der Waals surface area contributed by atoms with E-state index in [2.05, 4.69) is 12.2 Å². The molecular weight excluding hydrogens is 261 g/mol. The van der Waals surface area contributed by atoms with Gasteiger partial charge in [-0.05, 0) is 55.4 Å². The Bertz CT molecular complexity index is 378. The van der Waals surface area contributed by atoms with Crippen LogP contribution in [0.4, 0.5) is 4.39 Å². The van der Waals surface area contributed by atoms with Crippen molar-refractivity contribution in [2.24, 2.45) is 0 Å². The van der Waals surface area contributed by atoms with Crippen molar-refractivity contribution in [1.29, 1.82) is 0 Å². The zero-order valence-electron chi connectivity index (χ0n) is 11.3. The van der Waals surface area contributed by atoms with Crippen LogP contribution in [0, 0.1) is 5.82 Å². The molecule has 1 aromatic carbocycles. The summed E-state index contributed by atoms with van der Waals surface area (Å²) in [5.74, 6) is 2.19. The first kappa shape index (κ1) is 14.8. The third-order valence-electron chi connectivity index (χ3n) is 3.57. The number of hydrogen-bond donors (Lipinski definition) is 2. The molecule has 19 heavy (non-hydrogen) atoms. The molecule has 2 N–H and O–H groups in total. The van der Waals surface area contributed by atoms with Gasteiger partial charge in [-0.1, -0.05) is 12.1 Å². The van der Waals surface area contributed by atoms with Crippen molar-refractivity contribution in [2.45, 2.75) is 44.4 Å². The molecule has 0 bridgehead atoms. The second-order valence-corrected chi connectivity index (χ2v) is 6.48. The van der Waals surface area contributed by atoms with E-state index in [1.807, 2.05) is 11.8 Å². The second-order valence-electron chi connectivity index (χ2n) is 5.26. The highest BCUT2D eigenvalue weighted by Crippen LogP contribution is 2.21. The van der Waals surface area contributed by atoms with E-state index in [1.54, 1.807) is 12.1 Å². The molecule has 0 aliphatic carbocycles. The average Bonchev–Trinajstić information content (AvgIpc) is 2.40. The van der Waals surface area contributed by atoms with Gasteiger partial charge in [-0.25, -0.2) is 4.39 Å². The van der Waals surface area contributed by atoms with E-state index in [1.165, 1.54) is 36.5 Å². The molecule has 106 valence electrons. The van der Waals surface area contributed by atoms with Gasteiger partial charge in [-0.15, -0.1) is 0 Å². The summed E-state index contributed by atoms with van der Waals surface area (Å²) in [6.45, 7) is 2.11. The van der Waals surface area contributed by atoms with Crippen LogP contribution in [-0.2, 0) is 0 Å². The minimum Gasteiger partial charge on any atom is -0.388 e. The topological polar surface area (TPSA) is 32.3 Å². The lowest BCUT2D eigenvalue weighted by atomic mass is 10.0. The molecule has 0 radical (unpaired) electrons. The van der Waals surface area contributed by atoms with Gasteiger partial charge in [0.25, 0.3) is 0 Å². The molecule has 4 heteroatoms. The Kier molecular flexibility index (Phi) is 5.67. The van der Waals surface area contributed by atoms with Gasteiger partial charge in [-0.3, -0.25) is 0 Å². The maximum absolute atomic E-state index is 12.8. The summed E-state index contributed by atoms with van der Waals surface area (Å²) in [7, 11) is 0. The first-order chi connectivity index (χ1) is 9.15. The molecule has 1 saturated heterocycles. The Balaban J connectivity index is 1.80. The van der Waals surface area contributed by atoms with E-state index < -0.39 is 6.10 Å². The summed E-state index contributed by atoms with van der Waals surface area (Å²) in [6, 6.07) is 6.96. The fourth-order valence-electron chi connectivity index (χ4n) is 2.49. The third kappa shape index (κ3) is 4.79. The van der Waals surface area contributed by atoms with Gasteiger partial charge in [0.05, 0.1) is 6.10 Å². The number of benzene rings is 1. The van der Waals surface area contributed by atoms with E-state index in [-0.39, 0.29) is 11.9 Å². The lowest BCUT2D eigenvalue weighted by molar-refractivity contribution is 0.151. The van der Waals surface area contributed by atoms with Gasteiger partial charge >= 0.3 is 0 Å². The Morgan fingerprint density at radius 1 is 1.32 bits per heavy atom. The zero-order chi connectivity index (χ0) is 13.7. The molecule has 0 unspecified atom stereocenters. The maximum Gasteiger partial charge on any atom is 0.123 e. The predicted octanol–water partition coefficient (Wildman–Crippen LogP) is 3.12. The molecule has 1 fully saturated rings. The van der Waals surface area contributed by atoms with Crippen LogP contribution in [0.2, 0.25) is 0 Å². The molecule has 2 rings (SSSR count). The second kappa shape index (κ2) is 7.27. The quantitative estimate of drug-likeness (QED) is 0.871. The van der Waals surface area contributed by atoms with Crippen LogP contribution < -0.4 is 5.32 Å². The summed E-state index contributed by atoms with van der Waals surface area (Å²) >= 11 is 2.01. The van der Waals surface area contributed by atoms with E-state index in [0.29, 0.717) is 12.5 Å². The van der Waals surface area contributed by atoms with Gasteiger partial charge in [0, 0.05) is 12.1 Å². The van der Waals surface area contributed by atoms with E-state index in [0.717, 1.165) is 5.56 Å². The fourth-order valence-corrected chi connectivity index (χ4v) is 3.60. The van der Waals surface area contributed by atoms with Gasteiger partial charge in [-0.2, -0.15) is 11.8 Å².